The summed E-state index contributed by atoms with van der Waals surface area (Å²) in [5, 5.41) is 6.88. The van der Waals surface area contributed by atoms with Crippen molar-refractivity contribution in [1.29, 1.82) is 0 Å². The van der Waals surface area contributed by atoms with Gasteiger partial charge in [-0.05, 0) is 32.4 Å². The molecule has 2 N–H and O–H groups in total. The van der Waals surface area contributed by atoms with Gasteiger partial charge in [-0.1, -0.05) is 27.2 Å². The van der Waals surface area contributed by atoms with Gasteiger partial charge >= 0.3 is 0 Å². The molecule has 80 valence electrons. The highest BCUT2D eigenvalue weighted by Gasteiger charge is 2.03. The minimum absolute atomic E-state index is 0.597. The number of hydrogen-bond donors (Lipinski definition) is 2. The van der Waals surface area contributed by atoms with Crippen LogP contribution in [0.1, 0.15) is 40.5 Å². The van der Waals surface area contributed by atoms with Crippen molar-refractivity contribution in [3.63, 3.8) is 0 Å². The Labute approximate surface area is 83.5 Å². The zero-order valence-corrected chi connectivity index (χ0v) is 9.69. The van der Waals surface area contributed by atoms with E-state index >= 15 is 0 Å². The molecule has 0 aromatic heterocycles. The Balaban J connectivity index is 3.29. The van der Waals surface area contributed by atoms with Crippen LogP contribution >= 0.6 is 0 Å². The maximum absolute atomic E-state index is 3.54. The smallest absolute Gasteiger partial charge is 0.0164 e. The van der Waals surface area contributed by atoms with Gasteiger partial charge in [0, 0.05) is 12.6 Å². The monoisotopic (exact) mass is 186 g/mol. The van der Waals surface area contributed by atoms with Crippen LogP contribution in [0.3, 0.4) is 0 Å². The van der Waals surface area contributed by atoms with Gasteiger partial charge in [-0.25, -0.2) is 0 Å². The Morgan fingerprint density at radius 2 is 1.77 bits per heavy atom. The first-order valence-corrected chi connectivity index (χ1v) is 5.64. The van der Waals surface area contributed by atoms with E-state index in [9.17, 15) is 0 Å². The van der Waals surface area contributed by atoms with Gasteiger partial charge in [0.2, 0.25) is 0 Å². The molecule has 2 heteroatoms. The van der Waals surface area contributed by atoms with Crippen molar-refractivity contribution in [2.45, 2.75) is 46.6 Å². The molecule has 0 spiro atoms. The Bertz CT molecular complexity index is 104. The van der Waals surface area contributed by atoms with E-state index in [-0.39, 0.29) is 0 Å². The second kappa shape index (κ2) is 8.52. The molecule has 0 radical (unpaired) electrons. The third-order valence-electron chi connectivity index (χ3n) is 2.30. The van der Waals surface area contributed by atoms with Crippen molar-refractivity contribution in [3.05, 3.63) is 0 Å². The number of rotatable bonds is 8. The molecule has 2 atom stereocenters. The molecular formula is C11H26N2. The summed E-state index contributed by atoms with van der Waals surface area (Å²) in [5.41, 5.74) is 0. The molecule has 2 nitrogen and oxygen atoms in total. The standard InChI is InChI=1S/C11H26N2/c1-5-7-10(3)8-13-11(4)9-12-6-2/h10-13H,5-9H2,1-4H3. The predicted octanol–water partition coefficient (Wildman–Crippen LogP) is 2.01. The minimum atomic E-state index is 0.597. The second-order valence-corrected chi connectivity index (χ2v) is 4.01. The maximum atomic E-state index is 3.54. The van der Waals surface area contributed by atoms with Crippen molar-refractivity contribution >= 4 is 0 Å². The van der Waals surface area contributed by atoms with Gasteiger partial charge in [-0.15, -0.1) is 0 Å². The van der Waals surface area contributed by atoms with Crippen LogP contribution in [-0.2, 0) is 0 Å². The van der Waals surface area contributed by atoms with Crippen LogP contribution < -0.4 is 10.6 Å². The maximum Gasteiger partial charge on any atom is 0.0164 e. The summed E-state index contributed by atoms with van der Waals surface area (Å²) in [5.74, 6) is 0.814. The molecule has 13 heavy (non-hydrogen) atoms. The summed E-state index contributed by atoms with van der Waals surface area (Å²) >= 11 is 0. The highest BCUT2D eigenvalue weighted by Crippen LogP contribution is 2.02. The lowest BCUT2D eigenvalue weighted by Gasteiger charge is -2.17. The molecule has 0 aliphatic heterocycles. The molecule has 0 amide bonds. The van der Waals surface area contributed by atoms with E-state index in [0.29, 0.717) is 6.04 Å². The molecule has 0 heterocycles. The van der Waals surface area contributed by atoms with Gasteiger partial charge in [0.15, 0.2) is 0 Å². The fourth-order valence-corrected chi connectivity index (χ4v) is 1.43. The van der Waals surface area contributed by atoms with E-state index in [1.807, 2.05) is 0 Å². The van der Waals surface area contributed by atoms with E-state index in [1.54, 1.807) is 0 Å². The normalized spacial score (nSPS) is 15.7. The summed E-state index contributed by atoms with van der Waals surface area (Å²) in [6.07, 6.45) is 2.63. The molecule has 0 saturated heterocycles. The largest absolute Gasteiger partial charge is 0.315 e. The van der Waals surface area contributed by atoms with Gasteiger partial charge in [-0.2, -0.15) is 0 Å². The van der Waals surface area contributed by atoms with E-state index < -0.39 is 0 Å². The lowest BCUT2D eigenvalue weighted by atomic mass is 10.1. The van der Waals surface area contributed by atoms with Gasteiger partial charge < -0.3 is 10.6 Å². The van der Waals surface area contributed by atoms with Gasteiger partial charge in [-0.3, -0.25) is 0 Å². The van der Waals surface area contributed by atoms with Gasteiger partial charge in [0.25, 0.3) is 0 Å². The molecule has 0 saturated carbocycles. The molecule has 0 fully saturated rings. The molecule has 0 rings (SSSR count). The lowest BCUT2D eigenvalue weighted by molar-refractivity contribution is 0.427. The highest BCUT2D eigenvalue weighted by atomic mass is 15.0. The molecule has 0 aliphatic carbocycles. The zero-order valence-electron chi connectivity index (χ0n) is 9.69. The van der Waals surface area contributed by atoms with Crippen LogP contribution in [0.2, 0.25) is 0 Å². The van der Waals surface area contributed by atoms with E-state index in [1.165, 1.54) is 12.8 Å². The van der Waals surface area contributed by atoms with Crippen molar-refractivity contribution in [2.24, 2.45) is 5.92 Å². The number of hydrogen-bond acceptors (Lipinski definition) is 2. The Morgan fingerprint density at radius 3 is 2.31 bits per heavy atom. The molecule has 0 aromatic carbocycles. The van der Waals surface area contributed by atoms with Crippen LogP contribution in [-0.4, -0.2) is 25.7 Å². The Kier molecular flexibility index (Phi) is 8.46. The van der Waals surface area contributed by atoms with E-state index in [4.69, 9.17) is 0 Å². The van der Waals surface area contributed by atoms with Crippen LogP contribution in [0, 0.1) is 5.92 Å². The lowest BCUT2D eigenvalue weighted by Crippen LogP contribution is -2.38. The number of likely N-dealkylation sites (N-methyl/N-ethyl adjacent to an activating group) is 1. The zero-order chi connectivity index (χ0) is 10.1. The third kappa shape index (κ3) is 8.26. The average Bonchev–Trinajstić information content (AvgIpc) is 2.12. The van der Waals surface area contributed by atoms with E-state index in [0.717, 1.165) is 25.6 Å². The van der Waals surface area contributed by atoms with Crippen molar-refractivity contribution in [2.75, 3.05) is 19.6 Å². The van der Waals surface area contributed by atoms with Crippen molar-refractivity contribution in [3.8, 4) is 0 Å². The minimum Gasteiger partial charge on any atom is -0.315 e. The van der Waals surface area contributed by atoms with E-state index in [2.05, 4.69) is 38.3 Å². The topological polar surface area (TPSA) is 24.1 Å². The first kappa shape index (κ1) is 12.9. The van der Waals surface area contributed by atoms with Crippen LogP contribution in [0.4, 0.5) is 0 Å². The quantitative estimate of drug-likeness (QED) is 0.606. The first-order valence-electron chi connectivity index (χ1n) is 5.64. The fourth-order valence-electron chi connectivity index (χ4n) is 1.43. The molecule has 2 unspecified atom stereocenters. The summed E-state index contributed by atoms with van der Waals surface area (Å²) in [7, 11) is 0. The molecule has 0 aromatic rings. The van der Waals surface area contributed by atoms with Gasteiger partial charge in [0.1, 0.15) is 0 Å². The summed E-state index contributed by atoms with van der Waals surface area (Å²) in [6.45, 7) is 12.2. The number of nitrogens with one attached hydrogen (secondary N) is 2. The summed E-state index contributed by atoms with van der Waals surface area (Å²) in [4.78, 5) is 0. The Hall–Kier alpha value is -0.0800. The fraction of sp³-hybridized carbons (Fsp3) is 1.00. The Morgan fingerprint density at radius 1 is 1.08 bits per heavy atom. The molecule has 0 aliphatic rings. The summed E-state index contributed by atoms with van der Waals surface area (Å²) < 4.78 is 0. The SMILES string of the molecule is CCCC(C)CNC(C)CNCC. The van der Waals surface area contributed by atoms with Crippen LogP contribution in [0.15, 0.2) is 0 Å². The highest BCUT2D eigenvalue weighted by molar-refractivity contribution is 4.65. The van der Waals surface area contributed by atoms with Gasteiger partial charge in [0.05, 0.1) is 0 Å². The predicted molar refractivity (Wildman–Crippen MR) is 60.1 cm³/mol. The molecular weight excluding hydrogens is 160 g/mol. The third-order valence-corrected chi connectivity index (χ3v) is 2.30. The van der Waals surface area contributed by atoms with Crippen LogP contribution in [0.25, 0.3) is 0 Å². The molecule has 0 bridgehead atoms. The first-order chi connectivity index (χ1) is 6.20. The van der Waals surface area contributed by atoms with Crippen LogP contribution in [0.5, 0.6) is 0 Å². The van der Waals surface area contributed by atoms with Crippen molar-refractivity contribution < 1.29 is 0 Å². The average molecular weight is 186 g/mol. The summed E-state index contributed by atoms with van der Waals surface area (Å²) in [6, 6.07) is 0.597. The van der Waals surface area contributed by atoms with Crippen molar-refractivity contribution in [1.82, 2.24) is 10.6 Å². The second-order valence-electron chi connectivity index (χ2n) is 4.01.